The van der Waals surface area contributed by atoms with Crippen LogP contribution in [0.4, 0.5) is 5.69 Å². The molecule has 0 radical (unpaired) electrons. The molecule has 1 aromatic rings. The van der Waals surface area contributed by atoms with Crippen LogP contribution in [0.2, 0.25) is 0 Å². The summed E-state index contributed by atoms with van der Waals surface area (Å²) < 4.78 is 16.3. The van der Waals surface area contributed by atoms with Gasteiger partial charge in [-0.15, -0.1) is 0 Å². The van der Waals surface area contributed by atoms with Gasteiger partial charge < -0.3 is 24.8 Å². The average Bonchev–Trinajstić information content (AvgIpc) is 2.69. The zero-order chi connectivity index (χ0) is 19.5. The molecule has 0 aliphatic carbocycles. The van der Waals surface area contributed by atoms with Crippen LogP contribution in [0.15, 0.2) is 29.3 Å². The van der Waals surface area contributed by atoms with E-state index in [2.05, 4.69) is 34.4 Å². The zero-order valence-electron chi connectivity index (χ0n) is 17.0. The first kappa shape index (κ1) is 21.5. The number of methoxy groups -OCH3 is 1. The summed E-state index contributed by atoms with van der Waals surface area (Å²) in [4.78, 5) is 6.80. The Morgan fingerprint density at radius 1 is 1.41 bits per heavy atom. The molecule has 7 nitrogen and oxygen atoms in total. The number of nitrogens with one attached hydrogen (secondary N) is 2. The van der Waals surface area contributed by atoms with Gasteiger partial charge in [-0.3, -0.25) is 9.89 Å². The normalized spacial score (nSPS) is 19.6. The topological polar surface area (TPSA) is 67.4 Å². The van der Waals surface area contributed by atoms with Crippen molar-refractivity contribution in [3.8, 4) is 5.75 Å². The van der Waals surface area contributed by atoms with Crippen molar-refractivity contribution >= 4 is 11.6 Å². The molecule has 2 rings (SSSR count). The first-order valence-electron chi connectivity index (χ1n) is 9.67. The molecule has 27 heavy (non-hydrogen) atoms. The smallest absolute Gasteiger partial charge is 0.195 e. The molecule has 2 N–H and O–H groups in total. The molecule has 0 amide bonds. The van der Waals surface area contributed by atoms with E-state index in [1.807, 2.05) is 24.3 Å². The van der Waals surface area contributed by atoms with Gasteiger partial charge in [0.25, 0.3) is 0 Å². The summed E-state index contributed by atoms with van der Waals surface area (Å²) in [6.07, 6.45) is 0.870. The van der Waals surface area contributed by atoms with Crippen LogP contribution in [0.3, 0.4) is 0 Å². The van der Waals surface area contributed by atoms with Crippen LogP contribution in [0.1, 0.15) is 20.3 Å². The predicted octanol–water partition coefficient (Wildman–Crippen LogP) is 2.20. The second-order valence-electron chi connectivity index (χ2n) is 6.81. The molecule has 0 aromatic heterocycles. The molecule has 2 atom stereocenters. The number of ether oxygens (including phenoxy) is 3. The first-order chi connectivity index (χ1) is 13.1. The van der Waals surface area contributed by atoms with E-state index in [1.54, 1.807) is 14.2 Å². The summed E-state index contributed by atoms with van der Waals surface area (Å²) in [5.74, 6) is 1.58. The van der Waals surface area contributed by atoms with Crippen molar-refractivity contribution in [3.05, 3.63) is 24.3 Å². The summed E-state index contributed by atoms with van der Waals surface area (Å²) >= 11 is 0. The van der Waals surface area contributed by atoms with E-state index in [9.17, 15) is 0 Å². The van der Waals surface area contributed by atoms with Crippen molar-refractivity contribution < 1.29 is 14.2 Å². The Hall–Kier alpha value is -1.83. The molecule has 152 valence electrons. The van der Waals surface area contributed by atoms with E-state index >= 15 is 0 Å². The quantitative estimate of drug-likeness (QED) is 0.390. The van der Waals surface area contributed by atoms with E-state index in [4.69, 9.17) is 14.2 Å². The summed E-state index contributed by atoms with van der Waals surface area (Å²) in [6.45, 7) is 9.18. The van der Waals surface area contributed by atoms with Crippen LogP contribution >= 0.6 is 0 Å². The highest BCUT2D eigenvalue weighted by molar-refractivity contribution is 5.93. The Labute approximate surface area is 163 Å². The first-order valence-corrected chi connectivity index (χ1v) is 9.67. The number of anilines is 1. The fourth-order valence-electron chi connectivity index (χ4n) is 3.13. The third-order valence-electron chi connectivity index (χ3n) is 4.63. The molecule has 7 heteroatoms. The molecule has 1 aromatic carbocycles. The zero-order valence-corrected chi connectivity index (χ0v) is 17.0. The lowest BCUT2D eigenvalue weighted by molar-refractivity contribution is -0.0173. The van der Waals surface area contributed by atoms with Crippen LogP contribution in [-0.2, 0) is 9.47 Å². The Bertz CT molecular complexity index is 582. The molecule has 0 saturated carbocycles. The lowest BCUT2D eigenvalue weighted by Crippen LogP contribution is -2.52. The van der Waals surface area contributed by atoms with Crippen LogP contribution in [0, 0.1) is 0 Å². The molecule has 1 fully saturated rings. The van der Waals surface area contributed by atoms with Crippen molar-refractivity contribution in [2.24, 2.45) is 4.99 Å². The van der Waals surface area contributed by atoms with E-state index in [0.717, 1.165) is 50.1 Å². The van der Waals surface area contributed by atoms with Gasteiger partial charge in [-0.25, -0.2) is 0 Å². The van der Waals surface area contributed by atoms with Gasteiger partial charge in [0.2, 0.25) is 0 Å². The fraction of sp³-hybridized carbons (Fsp3) is 0.650. The Kier molecular flexibility index (Phi) is 9.38. The van der Waals surface area contributed by atoms with Crippen molar-refractivity contribution in [1.82, 2.24) is 10.2 Å². The van der Waals surface area contributed by atoms with Gasteiger partial charge in [-0.05, 0) is 26.0 Å². The van der Waals surface area contributed by atoms with Gasteiger partial charge in [0.05, 0.1) is 19.8 Å². The Balaban J connectivity index is 1.82. The van der Waals surface area contributed by atoms with Gasteiger partial charge >= 0.3 is 0 Å². The molecule has 1 saturated heterocycles. The number of aliphatic imine (C=N–C) groups is 1. The van der Waals surface area contributed by atoms with Gasteiger partial charge in [-0.1, -0.05) is 6.07 Å². The molecular formula is C20H34N4O3. The highest BCUT2D eigenvalue weighted by Crippen LogP contribution is 2.17. The van der Waals surface area contributed by atoms with E-state index in [0.29, 0.717) is 25.3 Å². The number of morpholine rings is 1. The average molecular weight is 379 g/mol. The lowest BCUT2D eigenvalue weighted by Gasteiger charge is -2.38. The standard InChI is InChI=1S/C20H34N4O3/c1-16(24-9-12-26-15-17(24)2)14-22-20(21-3)23-18-7-5-8-19(13-18)27-11-6-10-25-4/h5,7-8,13,16-17H,6,9-12,14-15H2,1-4H3,(H2,21,22,23). The van der Waals surface area contributed by atoms with Crippen LogP contribution in [0.25, 0.3) is 0 Å². The third-order valence-corrected chi connectivity index (χ3v) is 4.63. The van der Waals surface area contributed by atoms with Crippen LogP contribution < -0.4 is 15.4 Å². The maximum absolute atomic E-state index is 5.75. The second-order valence-corrected chi connectivity index (χ2v) is 6.81. The highest BCUT2D eigenvalue weighted by Gasteiger charge is 2.23. The van der Waals surface area contributed by atoms with E-state index < -0.39 is 0 Å². The van der Waals surface area contributed by atoms with Crippen molar-refractivity contribution in [2.45, 2.75) is 32.4 Å². The maximum Gasteiger partial charge on any atom is 0.195 e. The molecule has 1 aliphatic heterocycles. The molecule has 0 spiro atoms. The number of rotatable bonds is 9. The minimum Gasteiger partial charge on any atom is -0.493 e. The SMILES string of the molecule is CN=C(NCC(C)N1CCOCC1C)Nc1cccc(OCCCOC)c1. The maximum atomic E-state index is 5.75. The number of hydrogen-bond donors (Lipinski definition) is 2. The Morgan fingerprint density at radius 2 is 2.26 bits per heavy atom. The van der Waals surface area contributed by atoms with Gasteiger partial charge in [-0.2, -0.15) is 0 Å². The van der Waals surface area contributed by atoms with Crippen molar-refractivity contribution in [2.75, 3.05) is 59.0 Å². The minimum absolute atomic E-state index is 0.401. The fourth-order valence-corrected chi connectivity index (χ4v) is 3.13. The largest absolute Gasteiger partial charge is 0.493 e. The number of nitrogens with zero attached hydrogens (tertiary/aromatic N) is 2. The minimum atomic E-state index is 0.401. The number of guanidine groups is 1. The van der Waals surface area contributed by atoms with E-state index in [1.165, 1.54) is 0 Å². The monoisotopic (exact) mass is 378 g/mol. The van der Waals surface area contributed by atoms with Gasteiger partial charge in [0.15, 0.2) is 5.96 Å². The van der Waals surface area contributed by atoms with Gasteiger partial charge in [0, 0.05) is 64.1 Å². The van der Waals surface area contributed by atoms with Crippen molar-refractivity contribution in [3.63, 3.8) is 0 Å². The molecule has 1 heterocycles. The van der Waals surface area contributed by atoms with Crippen LogP contribution in [0.5, 0.6) is 5.75 Å². The Morgan fingerprint density at radius 3 is 3.00 bits per heavy atom. The predicted molar refractivity (Wildman–Crippen MR) is 110 cm³/mol. The molecular weight excluding hydrogens is 344 g/mol. The summed E-state index contributed by atoms with van der Waals surface area (Å²) in [6, 6.07) is 8.75. The molecule has 2 unspecified atom stereocenters. The summed E-state index contributed by atoms with van der Waals surface area (Å²) in [5.41, 5.74) is 0.944. The molecule has 1 aliphatic rings. The summed E-state index contributed by atoms with van der Waals surface area (Å²) in [7, 11) is 3.48. The number of benzene rings is 1. The molecule has 0 bridgehead atoms. The van der Waals surface area contributed by atoms with Crippen LogP contribution in [-0.4, -0.2) is 76.6 Å². The highest BCUT2D eigenvalue weighted by atomic mass is 16.5. The van der Waals surface area contributed by atoms with Crippen molar-refractivity contribution in [1.29, 1.82) is 0 Å². The lowest BCUT2D eigenvalue weighted by atomic mass is 10.2. The third kappa shape index (κ3) is 7.36. The second kappa shape index (κ2) is 11.8. The van der Waals surface area contributed by atoms with E-state index in [-0.39, 0.29) is 0 Å². The van der Waals surface area contributed by atoms with Gasteiger partial charge in [0.1, 0.15) is 5.75 Å². The number of hydrogen-bond acceptors (Lipinski definition) is 5. The summed E-state index contributed by atoms with van der Waals surface area (Å²) in [5, 5.41) is 6.75.